The molecule has 1 rings (SSSR count). The molecule has 0 saturated carbocycles. The van der Waals surface area contributed by atoms with Crippen LogP contribution in [0.1, 0.15) is 11.8 Å². The fraction of sp³-hybridized carbons (Fsp3) is 0.125. The topological polar surface area (TPSA) is 49.0 Å². The first-order valence-electron chi connectivity index (χ1n) is 3.25. The minimum Gasteiger partial charge on any atom is -0.327 e. The quantitative estimate of drug-likeness (QED) is 0.504. The van der Waals surface area contributed by atoms with Crippen LogP contribution in [0, 0.1) is 0 Å². The number of carbonyl (C=O) groups excluding carboxylic acids is 1. The van der Waals surface area contributed by atoms with E-state index in [4.69, 9.17) is 0 Å². The van der Waals surface area contributed by atoms with Crippen molar-refractivity contribution in [2.24, 2.45) is 0 Å². The van der Waals surface area contributed by atoms with Crippen LogP contribution in [0.15, 0.2) is 30.3 Å². The Morgan fingerprint density at radius 3 is 2.45 bits per heavy atom. The normalized spacial score (nSPS) is 12.1. The van der Waals surface area contributed by atoms with Gasteiger partial charge < -0.3 is 5.32 Å². The average molecular weight is 150 g/mol. The fourth-order valence-electron chi connectivity index (χ4n) is 0.786. The third-order valence-corrected chi connectivity index (χ3v) is 1.32. The third kappa shape index (κ3) is 2.05. The number of benzene rings is 1. The Balaban J connectivity index is 2.68. The molecule has 0 spiro atoms. The summed E-state index contributed by atoms with van der Waals surface area (Å²) in [7, 11) is 0. The van der Waals surface area contributed by atoms with Crippen molar-refractivity contribution in [3.8, 4) is 0 Å². The van der Waals surface area contributed by atoms with E-state index in [1.54, 1.807) is 24.3 Å². The lowest BCUT2D eigenvalue weighted by atomic mass is 10.2. The van der Waals surface area contributed by atoms with Crippen LogP contribution in [0.25, 0.3) is 0 Å². The summed E-state index contributed by atoms with van der Waals surface area (Å²) in [5.74, 6) is 0. The van der Waals surface area contributed by atoms with Gasteiger partial charge in [-0.3, -0.25) is 4.79 Å². The molecule has 0 aliphatic rings. The third-order valence-electron chi connectivity index (χ3n) is 1.32. The Morgan fingerprint density at radius 1 is 1.27 bits per heavy atom. The molecule has 1 aromatic carbocycles. The lowest BCUT2D eigenvalue weighted by Gasteiger charge is -2.04. The van der Waals surface area contributed by atoms with Crippen LogP contribution < -0.4 is 5.32 Å². The minimum atomic E-state index is -1.14. The highest BCUT2D eigenvalue weighted by molar-refractivity contribution is 5.47. The van der Waals surface area contributed by atoms with E-state index in [1.807, 2.05) is 6.07 Å². The molecule has 1 N–H and O–H groups in total. The van der Waals surface area contributed by atoms with Crippen molar-refractivity contribution < 1.29 is 9.90 Å². The first kappa shape index (κ1) is 7.75. The number of hydrogen-bond acceptors (Lipinski definition) is 1. The fourth-order valence-corrected chi connectivity index (χ4v) is 0.786. The van der Waals surface area contributed by atoms with Crippen LogP contribution in [0.5, 0.6) is 0 Å². The molecule has 0 aliphatic carbocycles. The van der Waals surface area contributed by atoms with E-state index in [-0.39, 0.29) is 0 Å². The SMILES string of the molecule is [O]C(NC=O)c1ccccc1. The van der Waals surface area contributed by atoms with Crippen molar-refractivity contribution in [1.82, 2.24) is 5.32 Å². The van der Waals surface area contributed by atoms with Gasteiger partial charge in [0.05, 0.1) is 0 Å². The monoisotopic (exact) mass is 150 g/mol. The first-order chi connectivity index (χ1) is 5.34. The summed E-state index contributed by atoms with van der Waals surface area (Å²) in [6, 6.07) is 8.68. The Labute approximate surface area is 64.7 Å². The zero-order valence-electron chi connectivity index (χ0n) is 5.86. The van der Waals surface area contributed by atoms with Crippen LogP contribution in [-0.2, 0) is 9.90 Å². The minimum absolute atomic E-state index is 0.407. The van der Waals surface area contributed by atoms with E-state index in [1.165, 1.54) is 0 Å². The molecule has 0 bridgehead atoms. The number of nitrogens with one attached hydrogen (secondary N) is 1. The van der Waals surface area contributed by atoms with Crippen molar-refractivity contribution in [3.63, 3.8) is 0 Å². The lowest BCUT2D eigenvalue weighted by molar-refractivity contribution is -0.113. The van der Waals surface area contributed by atoms with Crippen molar-refractivity contribution in [3.05, 3.63) is 35.9 Å². The van der Waals surface area contributed by atoms with E-state index in [2.05, 4.69) is 5.32 Å². The molecule has 57 valence electrons. The van der Waals surface area contributed by atoms with E-state index in [0.29, 0.717) is 12.0 Å². The molecule has 1 amide bonds. The van der Waals surface area contributed by atoms with E-state index in [9.17, 15) is 9.90 Å². The molecule has 3 heteroatoms. The molecule has 0 fully saturated rings. The Morgan fingerprint density at radius 2 is 1.91 bits per heavy atom. The Kier molecular flexibility index (Phi) is 2.63. The van der Waals surface area contributed by atoms with E-state index >= 15 is 0 Å². The largest absolute Gasteiger partial charge is 0.327 e. The maximum Gasteiger partial charge on any atom is 0.209 e. The smallest absolute Gasteiger partial charge is 0.209 e. The van der Waals surface area contributed by atoms with Crippen LogP contribution >= 0.6 is 0 Å². The van der Waals surface area contributed by atoms with Gasteiger partial charge in [0.2, 0.25) is 6.41 Å². The predicted molar refractivity (Wildman–Crippen MR) is 39.1 cm³/mol. The molecule has 11 heavy (non-hydrogen) atoms. The second-order valence-electron chi connectivity index (χ2n) is 2.08. The Hall–Kier alpha value is -1.35. The van der Waals surface area contributed by atoms with Crippen molar-refractivity contribution in [2.45, 2.75) is 6.23 Å². The molecular weight excluding hydrogens is 142 g/mol. The molecule has 0 heterocycles. The van der Waals surface area contributed by atoms with E-state index in [0.717, 1.165) is 0 Å². The number of carbonyl (C=O) groups is 1. The molecule has 1 radical (unpaired) electrons. The summed E-state index contributed by atoms with van der Waals surface area (Å²) in [6.45, 7) is 0. The van der Waals surface area contributed by atoms with Gasteiger partial charge in [-0.25, -0.2) is 5.11 Å². The van der Waals surface area contributed by atoms with Gasteiger partial charge in [0.25, 0.3) is 0 Å². The van der Waals surface area contributed by atoms with Crippen molar-refractivity contribution in [2.75, 3.05) is 0 Å². The molecule has 1 unspecified atom stereocenters. The number of rotatable bonds is 3. The molecule has 0 saturated heterocycles. The van der Waals surface area contributed by atoms with Gasteiger partial charge in [-0.15, -0.1) is 0 Å². The summed E-state index contributed by atoms with van der Waals surface area (Å²) in [5, 5.41) is 13.1. The van der Waals surface area contributed by atoms with Crippen LogP contribution in [-0.4, -0.2) is 6.41 Å². The molecule has 1 atom stereocenters. The maximum absolute atomic E-state index is 11.0. The highest BCUT2D eigenvalue weighted by atomic mass is 16.3. The van der Waals surface area contributed by atoms with E-state index < -0.39 is 6.23 Å². The zero-order chi connectivity index (χ0) is 8.10. The summed E-state index contributed by atoms with van der Waals surface area (Å²) >= 11 is 0. The van der Waals surface area contributed by atoms with Gasteiger partial charge in [0.1, 0.15) is 0 Å². The highest BCUT2D eigenvalue weighted by Crippen LogP contribution is 2.07. The van der Waals surface area contributed by atoms with Crippen molar-refractivity contribution in [1.29, 1.82) is 0 Å². The summed E-state index contributed by atoms with van der Waals surface area (Å²) in [5.41, 5.74) is 0.569. The first-order valence-corrected chi connectivity index (χ1v) is 3.25. The van der Waals surface area contributed by atoms with Crippen molar-refractivity contribution >= 4 is 6.41 Å². The second-order valence-corrected chi connectivity index (χ2v) is 2.08. The second kappa shape index (κ2) is 3.73. The number of hydrogen-bond donors (Lipinski definition) is 1. The maximum atomic E-state index is 11.0. The van der Waals surface area contributed by atoms with Gasteiger partial charge >= 0.3 is 0 Å². The molecular formula is C8H8NO2. The van der Waals surface area contributed by atoms with Gasteiger partial charge in [-0.1, -0.05) is 30.3 Å². The zero-order valence-corrected chi connectivity index (χ0v) is 5.86. The van der Waals surface area contributed by atoms with Gasteiger partial charge in [0.15, 0.2) is 6.23 Å². The molecule has 1 aromatic rings. The van der Waals surface area contributed by atoms with Crippen LogP contribution in [0.4, 0.5) is 0 Å². The average Bonchev–Trinajstić information content (AvgIpc) is 2.07. The summed E-state index contributed by atoms with van der Waals surface area (Å²) < 4.78 is 0. The van der Waals surface area contributed by atoms with Gasteiger partial charge in [-0.05, 0) is 0 Å². The predicted octanol–water partition coefficient (Wildman–Crippen LogP) is 0.862. The van der Waals surface area contributed by atoms with Gasteiger partial charge in [-0.2, -0.15) is 0 Å². The standard InChI is InChI=1S/C8H8NO2/c10-6-9-8(11)7-4-2-1-3-5-7/h1-6,8H,(H,9,10). The molecule has 0 aromatic heterocycles. The van der Waals surface area contributed by atoms with Gasteiger partial charge in [0, 0.05) is 5.56 Å². The Bertz CT molecular complexity index is 223. The summed E-state index contributed by atoms with van der Waals surface area (Å²) in [6.07, 6.45) is -0.737. The summed E-state index contributed by atoms with van der Waals surface area (Å²) in [4.78, 5) is 9.88. The molecule has 0 aliphatic heterocycles. The molecule has 3 nitrogen and oxygen atoms in total. The lowest BCUT2D eigenvalue weighted by Crippen LogP contribution is -2.17. The van der Waals surface area contributed by atoms with Crippen LogP contribution in [0.2, 0.25) is 0 Å². The van der Waals surface area contributed by atoms with Crippen LogP contribution in [0.3, 0.4) is 0 Å². The highest BCUT2D eigenvalue weighted by Gasteiger charge is 2.04. The number of amides is 1.